The summed E-state index contributed by atoms with van der Waals surface area (Å²) in [6, 6.07) is 41.5. The predicted octanol–water partition coefficient (Wildman–Crippen LogP) is 5.61. The number of rotatable bonds is 6. The van der Waals surface area contributed by atoms with Gasteiger partial charge in [0.25, 0.3) is 0 Å². The Morgan fingerprint density at radius 3 is 1.28 bits per heavy atom. The molecule has 0 fully saturated rings. The lowest BCUT2D eigenvalue weighted by molar-refractivity contribution is 0.414. The largest absolute Gasteiger partial charge is 0.497 e. The summed E-state index contributed by atoms with van der Waals surface area (Å²) >= 11 is 0. The molecule has 0 aliphatic carbocycles. The van der Waals surface area contributed by atoms with Crippen LogP contribution in [-0.2, 0) is 6.16 Å². The first-order valence-corrected chi connectivity index (χ1v) is 11.5. The molecule has 3 heteroatoms. The first kappa shape index (κ1) is 21.1. The highest BCUT2D eigenvalue weighted by Crippen LogP contribution is 2.58. The van der Waals surface area contributed by atoms with Gasteiger partial charge in [0.1, 0.15) is 28.9 Å². The summed E-state index contributed by atoms with van der Waals surface area (Å²) < 4.78 is 5.36. The van der Waals surface area contributed by atoms with Gasteiger partial charge in [-0.15, -0.1) is 12.4 Å². The van der Waals surface area contributed by atoms with Crippen molar-refractivity contribution in [1.29, 1.82) is 0 Å². The van der Waals surface area contributed by atoms with Crippen molar-refractivity contribution >= 4 is 35.6 Å². The zero-order valence-electron chi connectivity index (χ0n) is 16.4. The number of benzene rings is 4. The normalized spacial score (nSPS) is 10.8. The van der Waals surface area contributed by atoms with Crippen LogP contribution in [-0.4, -0.2) is 7.11 Å². The first-order chi connectivity index (χ1) is 13.8. The standard InChI is InChI=1S/C26H24OP.ClH/c1-27-23-19-17-22(18-20-23)21-28(24-11-5-2-6-12-24,25-13-7-3-8-14-25)26-15-9-4-10-16-26;/h2-20H,21H2,1H3;1H/q+1;. The van der Waals surface area contributed by atoms with Gasteiger partial charge < -0.3 is 4.74 Å². The lowest BCUT2D eigenvalue weighted by Crippen LogP contribution is -2.32. The summed E-state index contributed by atoms with van der Waals surface area (Å²) in [6.45, 7) is 0. The zero-order chi connectivity index (χ0) is 19.2. The molecule has 0 aromatic heterocycles. The third kappa shape index (κ3) is 4.37. The van der Waals surface area contributed by atoms with E-state index in [0.29, 0.717) is 0 Å². The maximum atomic E-state index is 5.36. The van der Waals surface area contributed by atoms with Crippen LogP contribution in [0.5, 0.6) is 5.75 Å². The molecule has 1 nitrogen and oxygen atoms in total. The quantitative estimate of drug-likeness (QED) is 0.369. The molecule has 0 saturated carbocycles. The lowest BCUT2D eigenvalue weighted by atomic mass is 10.2. The summed E-state index contributed by atoms with van der Waals surface area (Å²) in [5.41, 5.74) is 1.32. The van der Waals surface area contributed by atoms with Crippen LogP contribution in [0, 0.1) is 0 Å². The Kier molecular flexibility index (Phi) is 7.09. The van der Waals surface area contributed by atoms with Crippen LogP contribution in [0.15, 0.2) is 115 Å². The Morgan fingerprint density at radius 1 is 0.552 bits per heavy atom. The number of hydrogen-bond donors (Lipinski definition) is 0. The third-order valence-electron chi connectivity index (χ3n) is 5.17. The summed E-state index contributed by atoms with van der Waals surface area (Å²) in [5, 5.41) is 4.22. The highest BCUT2D eigenvalue weighted by atomic mass is 35.5. The molecule has 0 atom stereocenters. The van der Waals surface area contributed by atoms with E-state index in [1.165, 1.54) is 21.5 Å². The Morgan fingerprint density at radius 2 is 0.931 bits per heavy atom. The van der Waals surface area contributed by atoms with E-state index in [1.54, 1.807) is 7.11 Å². The van der Waals surface area contributed by atoms with Crippen molar-refractivity contribution in [3.63, 3.8) is 0 Å². The first-order valence-electron chi connectivity index (χ1n) is 9.51. The molecule has 0 aliphatic rings. The van der Waals surface area contributed by atoms with Gasteiger partial charge in [-0.1, -0.05) is 66.7 Å². The van der Waals surface area contributed by atoms with Crippen LogP contribution in [0.1, 0.15) is 5.56 Å². The van der Waals surface area contributed by atoms with Crippen LogP contribution in [0.4, 0.5) is 0 Å². The zero-order valence-corrected chi connectivity index (χ0v) is 18.2. The van der Waals surface area contributed by atoms with Crippen molar-refractivity contribution in [3.05, 3.63) is 121 Å². The second kappa shape index (κ2) is 9.74. The molecule has 0 spiro atoms. The maximum Gasteiger partial charge on any atom is 0.118 e. The van der Waals surface area contributed by atoms with Crippen molar-refractivity contribution < 1.29 is 4.74 Å². The number of ether oxygens (including phenoxy) is 1. The molecule has 0 heterocycles. The molecule has 0 saturated heterocycles. The van der Waals surface area contributed by atoms with E-state index in [0.717, 1.165) is 11.9 Å². The van der Waals surface area contributed by atoms with E-state index < -0.39 is 7.26 Å². The van der Waals surface area contributed by atoms with Crippen molar-refractivity contribution in [2.24, 2.45) is 0 Å². The molecule has 0 bridgehead atoms. The number of halogens is 1. The Bertz CT molecular complexity index is 906. The monoisotopic (exact) mass is 419 g/mol. The molecule has 0 amide bonds. The summed E-state index contributed by atoms with van der Waals surface area (Å²) in [4.78, 5) is 0. The Balaban J connectivity index is 0.00000240. The van der Waals surface area contributed by atoms with Crippen LogP contribution >= 0.6 is 19.7 Å². The second-order valence-electron chi connectivity index (χ2n) is 6.82. The van der Waals surface area contributed by atoms with E-state index >= 15 is 0 Å². The van der Waals surface area contributed by atoms with Gasteiger partial charge in [-0.25, -0.2) is 0 Å². The van der Waals surface area contributed by atoms with E-state index in [9.17, 15) is 0 Å². The van der Waals surface area contributed by atoms with E-state index in [4.69, 9.17) is 4.74 Å². The molecule has 0 aliphatic heterocycles. The fraction of sp³-hybridized carbons (Fsp3) is 0.0769. The van der Waals surface area contributed by atoms with Crippen LogP contribution in [0.2, 0.25) is 0 Å². The van der Waals surface area contributed by atoms with Crippen molar-refractivity contribution in [1.82, 2.24) is 0 Å². The minimum Gasteiger partial charge on any atom is -0.497 e. The Hall–Kier alpha value is -2.60. The molecule has 29 heavy (non-hydrogen) atoms. The van der Waals surface area contributed by atoms with Gasteiger partial charge >= 0.3 is 0 Å². The molecular weight excluding hydrogens is 395 g/mol. The maximum absolute atomic E-state index is 5.36. The summed E-state index contributed by atoms with van der Waals surface area (Å²) in [6.07, 6.45) is 0.981. The molecule has 0 unspecified atom stereocenters. The highest BCUT2D eigenvalue weighted by Gasteiger charge is 2.45. The molecular formula is C26H25ClOP+. The smallest absolute Gasteiger partial charge is 0.118 e. The van der Waals surface area contributed by atoms with E-state index in [-0.39, 0.29) is 12.4 Å². The van der Waals surface area contributed by atoms with E-state index in [2.05, 4.69) is 115 Å². The van der Waals surface area contributed by atoms with Gasteiger partial charge in [0, 0.05) is 0 Å². The van der Waals surface area contributed by atoms with Crippen molar-refractivity contribution in [2.75, 3.05) is 7.11 Å². The van der Waals surface area contributed by atoms with Crippen molar-refractivity contribution in [2.45, 2.75) is 6.16 Å². The fourth-order valence-electron chi connectivity index (χ4n) is 3.77. The molecule has 0 N–H and O–H groups in total. The molecule has 4 aromatic carbocycles. The van der Waals surface area contributed by atoms with Gasteiger partial charge in [-0.3, -0.25) is 0 Å². The predicted molar refractivity (Wildman–Crippen MR) is 129 cm³/mol. The van der Waals surface area contributed by atoms with Gasteiger partial charge in [0.05, 0.1) is 13.3 Å². The number of hydrogen-bond acceptors (Lipinski definition) is 1. The number of methoxy groups -OCH3 is 1. The lowest BCUT2D eigenvalue weighted by Gasteiger charge is -2.27. The van der Waals surface area contributed by atoms with Gasteiger partial charge in [0.15, 0.2) is 0 Å². The van der Waals surface area contributed by atoms with E-state index in [1.807, 2.05) is 0 Å². The summed E-state index contributed by atoms with van der Waals surface area (Å²) in [7, 11) is -0.127. The molecule has 4 aromatic rings. The van der Waals surface area contributed by atoms with Crippen LogP contribution in [0.25, 0.3) is 0 Å². The minimum absolute atomic E-state index is 0. The topological polar surface area (TPSA) is 9.23 Å². The average molecular weight is 420 g/mol. The minimum atomic E-state index is -1.84. The molecule has 4 rings (SSSR count). The SMILES string of the molecule is COc1ccc(C[P+](c2ccccc2)(c2ccccc2)c2ccccc2)cc1.Cl. The van der Waals surface area contributed by atoms with Gasteiger partial charge in [-0.05, 0) is 54.1 Å². The molecule has 0 radical (unpaired) electrons. The Labute approximate surface area is 180 Å². The van der Waals surface area contributed by atoms with Gasteiger partial charge in [0.2, 0.25) is 0 Å². The van der Waals surface area contributed by atoms with Crippen LogP contribution < -0.4 is 20.7 Å². The third-order valence-corrected chi connectivity index (χ3v) is 9.55. The summed E-state index contributed by atoms with van der Waals surface area (Å²) in [5.74, 6) is 0.895. The van der Waals surface area contributed by atoms with Gasteiger partial charge in [-0.2, -0.15) is 0 Å². The highest BCUT2D eigenvalue weighted by molar-refractivity contribution is 7.95. The van der Waals surface area contributed by atoms with Crippen molar-refractivity contribution in [3.8, 4) is 5.75 Å². The second-order valence-corrected chi connectivity index (χ2v) is 10.3. The molecule has 146 valence electrons. The van der Waals surface area contributed by atoms with Crippen LogP contribution in [0.3, 0.4) is 0 Å². The fourth-order valence-corrected chi connectivity index (χ4v) is 8.02. The average Bonchev–Trinajstić information content (AvgIpc) is 2.80.